The fourth-order valence-electron chi connectivity index (χ4n) is 9.45. The Morgan fingerprint density at radius 1 is 0.453 bits per heavy atom. The fraction of sp³-hybridized carbons (Fsp3) is 0.0204. The van der Waals surface area contributed by atoms with Crippen molar-refractivity contribution < 1.29 is 4.42 Å². The lowest BCUT2D eigenvalue weighted by atomic mass is 9.70. The molecule has 0 N–H and O–H groups in total. The lowest BCUT2D eigenvalue weighted by Crippen LogP contribution is -2.25. The van der Waals surface area contributed by atoms with Gasteiger partial charge in [0.25, 0.3) is 0 Å². The third-order valence-corrected chi connectivity index (χ3v) is 13.1. The average Bonchev–Trinajstić information content (AvgIpc) is 3.93. The topological polar surface area (TPSA) is 16.4 Å². The number of rotatable bonds is 3. The molecule has 2 nitrogen and oxygen atoms in total. The van der Waals surface area contributed by atoms with Crippen LogP contribution in [0.1, 0.15) is 22.3 Å². The van der Waals surface area contributed by atoms with Crippen LogP contribution in [0.3, 0.4) is 0 Å². The quantitative estimate of drug-likeness (QED) is 0.178. The van der Waals surface area contributed by atoms with Crippen molar-refractivity contribution in [2.75, 3.05) is 4.90 Å². The molecule has 0 atom stereocenters. The average molecular weight is 759 g/mol. The summed E-state index contributed by atoms with van der Waals surface area (Å²) in [5.41, 5.74) is 15.0. The van der Waals surface area contributed by atoms with Gasteiger partial charge in [-0.3, -0.25) is 0 Å². The number of para-hydroxylation sites is 1. The second-order valence-corrected chi connectivity index (χ2v) is 16.1. The SMILES string of the molecule is Brc1cc(N(c2ccc3c(c2)-c2ccccc2C32c3ccccc3-c3ccccc32)c2ccc3sc4ccccc4c3c2)c2oc3ccccc3c2c1. The monoisotopic (exact) mass is 757 g/mol. The Bertz CT molecular complexity index is 3120. The highest BCUT2D eigenvalue weighted by Gasteiger charge is 2.51. The van der Waals surface area contributed by atoms with E-state index in [1.54, 1.807) is 0 Å². The number of fused-ring (bicyclic) bond motifs is 16. The van der Waals surface area contributed by atoms with Gasteiger partial charge in [-0.15, -0.1) is 11.3 Å². The largest absolute Gasteiger partial charge is 0.454 e. The Balaban J connectivity index is 1.16. The number of halogens is 1. The summed E-state index contributed by atoms with van der Waals surface area (Å²) in [6.07, 6.45) is 0. The zero-order valence-corrected chi connectivity index (χ0v) is 30.7. The Hall–Kier alpha value is -5.94. The molecule has 8 aromatic carbocycles. The summed E-state index contributed by atoms with van der Waals surface area (Å²) in [5.74, 6) is 0. The van der Waals surface area contributed by atoms with Gasteiger partial charge in [-0.1, -0.05) is 131 Å². The first-order valence-corrected chi connectivity index (χ1v) is 19.6. The van der Waals surface area contributed by atoms with Crippen molar-refractivity contribution in [1.29, 1.82) is 0 Å². The van der Waals surface area contributed by atoms with Gasteiger partial charge in [0.05, 0.1) is 11.1 Å². The number of hydrogen-bond donors (Lipinski definition) is 0. The van der Waals surface area contributed by atoms with Crippen LogP contribution in [0.15, 0.2) is 179 Å². The van der Waals surface area contributed by atoms with Crippen LogP contribution >= 0.6 is 27.3 Å². The number of benzene rings is 8. The normalized spacial score (nSPS) is 13.5. The maximum atomic E-state index is 6.75. The van der Waals surface area contributed by atoms with Crippen molar-refractivity contribution in [2.45, 2.75) is 5.41 Å². The minimum Gasteiger partial charge on any atom is -0.454 e. The second kappa shape index (κ2) is 10.8. The number of anilines is 3. The molecule has 0 radical (unpaired) electrons. The third kappa shape index (κ3) is 3.92. The molecule has 1 spiro atoms. The van der Waals surface area contributed by atoms with Gasteiger partial charge in [-0.05, 0) is 99.1 Å². The fourth-order valence-corrected chi connectivity index (χ4v) is 11.0. The lowest BCUT2D eigenvalue weighted by Gasteiger charge is -2.31. The van der Waals surface area contributed by atoms with Crippen LogP contribution in [0.5, 0.6) is 0 Å². The van der Waals surface area contributed by atoms with E-state index >= 15 is 0 Å². The highest BCUT2D eigenvalue weighted by molar-refractivity contribution is 9.10. The van der Waals surface area contributed by atoms with Gasteiger partial charge in [0, 0.05) is 46.8 Å². The van der Waals surface area contributed by atoms with Gasteiger partial charge in [0.15, 0.2) is 5.58 Å². The third-order valence-electron chi connectivity index (χ3n) is 11.5. The van der Waals surface area contributed by atoms with Crippen molar-refractivity contribution in [3.63, 3.8) is 0 Å². The van der Waals surface area contributed by atoms with E-state index in [9.17, 15) is 0 Å². The Morgan fingerprint density at radius 3 is 1.77 bits per heavy atom. The zero-order chi connectivity index (χ0) is 34.8. The molecule has 0 saturated heterocycles. The number of hydrogen-bond acceptors (Lipinski definition) is 3. The van der Waals surface area contributed by atoms with Crippen LogP contribution in [-0.2, 0) is 5.41 Å². The molecular formula is C49H28BrNOS. The molecule has 2 aliphatic rings. The van der Waals surface area contributed by atoms with Crippen molar-refractivity contribution in [1.82, 2.24) is 0 Å². The molecule has 0 amide bonds. The molecule has 0 saturated carbocycles. The van der Waals surface area contributed by atoms with E-state index in [1.807, 2.05) is 17.4 Å². The van der Waals surface area contributed by atoms with E-state index in [0.29, 0.717) is 0 Å². The molecule has 12 rings (SSSR count). The molecule has 0 unspecified atom stereocenters. The van der Waals surface area contributed by atoms with E-state index in [0.717, 1.165) is 43.5 Å². The lowest BCUT2D eigenvalue weighted by molar-refractivity contribution is 0.669. The van der Waals surface area contributed by atoms with Gasteiger partial charge in [0.1, 0.15) is 5.58 Å². The van der Waals surface area contributed by atoms with E-state index < -0.39 is 5.41 Å². The van der Waals surface area contributed by atoms with Crippen molar-refractivity contribution in [2.24, 2.45) is 0 Å². The Labute approximate surface area is 318 Å². The summed E-state index contributed by atoms with van der Waals surface area (Å²) >= 11 is 5.75. The highest BCUT2D eigenvalue weighted by atomic mass is 79.9. The predicted molar refractivity (Wildman–Crippen MR) is 225 cm³/mol. The smallest absolute Gasteiger partial charge is 0.159 e. The van der Waals surface area contributed by atoms with Crippen molar-refractivity contribution in [3.05, 3.63) is 197 Å². The molecule has 4 heteroatoms. The van der Waals surface area contributed by atoms with Crippen LogP contribution in [0.25, 0.3) is 64.4 Å². The first kappa shape index (κ1) is 29.6. The zero-order valence-electron chi connectivity index (χ0n) is 28.3. The van der Waals surface area contributed by atoms with Crippen LogP contribution in [-0.4, -0.2) is 0 Å². The van der Waals surface area contributed by atoms with E-state index in [1.165, 1.54) is 64.7 Å². The molecule has 0 aliphatic heterocycles. The van der Waals surface area contributed by atoms with E-state index in [4.69, 9.17) is 4.42 Å². The Morgan fingerprint density at radius 2 is 1.02 bits per heavy atom. The minimum atomic E-state index is -0.390. The molecule has 2 aliphatic carbocycles. The van der Waals surface area contributed by atoms with Gasteiger partial charge >= 0.3 is 0 Å². The van der Waals surface area contributed by atoms with Crippen LogP contribution in [0.2, 0.25) is 0 Å². The predicted octanol–water partition coefficient (Wildman–Crippen LogP) is 14.5. The maximum absolute atomic E-state index is 6.75. The number of thiophene rings is 1. The number of nitrogens with zero attached hydrogens (tertiary/aromatic N) is 1. The van der Waals surface area contributed by atoms with Crippen molar-refractivity contribution in [3.8, 4) is 22.3 Å². The van der Waals surface area contributed by atoms with Crippen molar-refractivity contribution >= 4 is 86.4 Å². The second-order valence-electron chi connectivity index (χ2n) is 14.1. The molecule has 2 aromatic heterocycles. The first-order valence-electron chi connectivity index (χ1n) is 17.9. The molecule has 10 aromatic rings. The minimum absolute atomic E-state index is 0.390. The van der Waals surface area contributed by atoms with Crippen LogP contribution < -0.4 is 4.90 Å². The van der Waals surface area contributed by atoms with E-state index in [2.05, 4.69) is 185 Å². The van der Waals surface area contributed by atoms with Gasteiger partial charge < -0.3 is 9.32 Å². The maximum Gasteiger partial charge on any atom is 0.159 e. The van der Waals surface area contributed by atoms with Gasteiger partial charge in [-0.2, -0.15) is 0 Å². The highest BCUT2D eigenvalue weighted by Crippen LogP contribution is 2.63. The first-order chi connectivity index (χ1) is 26.2. The number of furan rings is 1. The van der Waals surface area contributed by atoms with Gasteiger partial charge in [0.2, 0.25) is 0 Å². The standard InChI is InChI=1S/C49H28BrNOS/c50-29-25-39-35-14-4-9-19-45(35)52-48(39)44(26-29)51(31-22-24-47-38(28-31)36-15-5-10-20-46(36)53-47)30-21-23-43-37(27-30)34-13-3-8-18-42(34)49(43)40-16-6-1-11-32(40)33-12-2-7-17-41(33)49/h1-28H. The van der Waals surface area contributed by atoms with Crippen LogP contribution in [0.4, 0.5) is 17.1 Å². The summed E-state index contributed by atoms with van der Waals surface area (Å²) in [6, 6.07) is 62.4. The van der Waals surface area contributed by atoms with Gasteiger partial charge in [-0.25, -0.2) is 0 Å². The molecular weight excluding hydrogens is 731 g/mol. The summed E-state index contributed by atoms with van der Waals surface area (Å²) in [4.78, 5) is 2.39. The van der Waals surface area contributed by atoms with Crippen LogP contribution in [0, 0.1) is 0 Å². The summed E-state index contributed by atoms with van der Waals surface area (Å²) < 4.78 is 10.3. The molecule has 53 heavy (non-hydrogen) atoms. The molecule has 248 valence electrons. The molecule has 0 bridgehead atoms. The summed E-state index contributed by atoms with van der Waals surface area (Å²) in [5, 5.41) is 4.73. The van der Waals surface area contributed by atoms with E-state index in [-0.39, 0.29) is 0 Å². The molecule has 2 heterocycles. The summed E-state index contributed by atoms with van der Waals surface area (Å²) in [6.45, 7) is 0. The summed E-state index contributed by atoms with van der Waals surface area (Å²) in [7, 11) is 0. The Kier molecular flexibility index (Phi) is 6.03. The molecule has 0 fully saturated rings.